The summed E-state index contributed by atoms with van der Waals surface area (Å²) in [5, 5.41) is 5.70. The average Bonchev–Trinajstić information content (AvgIpc) is 2.38. The van der Waals surface area contributed by atoms with Crippen LogP contribution in [0.1, 0.15) is 68.2 Å². The summed E-state index contributed by atoms with van der Waals surface area (Å²) in [7, 11) is 0. The van der Waals surface area contributed by atoms with Gasteiger partial charge in [0, 0.05) is 12.1 Å². The van der Waals surface area contributed by atoms with Gasteiger partial charge in [0.1, 0.15) is 11.2 Å². The maximum absolute atomic E-state index is 11.9. The number of alkyl carbamates (subject to hydrolysis) is 2. The van der Waals surface area contributed by atoms with Crippen molar-refractivity contribution in [3.8, 4) is 0 Å². The van der Waals surface area contributed by atoms with Crippen molar-refractivity contribution >= 4 is 12.2 Å². The maximum Gasteiger partial charge on any atom is 0.407 e. The third kappa shape index (κ3) is 11.6. The number of hydrogen-bond donors (Lipinski definition) is 3. The van der Waals surface area contributed by atoms with Crippen molar-refractivity contribution in [3.05, 3.63) is 0 Å². The molecule has 0 heterocycles. The number of amides is 2. The Bertz CT molecular complexity index is 427. The first-order valence-corrected chi connectivity index (χ1v) is 8.96. The van der Waals surface area contributed by atoms with Crippen molar-refractivity contribution < 1.29 is 19.1 Å². The fourth-order valence-corrected chi connectivity index (χ4v) is 2.28. The minimum atomic E-state index is -0.549. The Labute approximate surface area is 152 Å². The zero-order valence-corrected chi connectivity index (χ0v) is 17.1. The van der Waals surface area contributed by atoms with Gasteiger partial charge in [0.05, 0.1) is 0 Å². The second-order valence-electron chi connectivity index (χ2n) is 8.42. The van der Waals surface area contributed by atoms with Crippen LogP contribution in [0.3, 0.4) is 0 Å². The topological polar surface area (TPSA) is 103 Å². The van der Waals surface area contributed by atoms with Crippen LogP contribution >= 0.6 is 0 Å². The minimum absolute atomic E-state index is 0.00686. The number of hydrogen-bond acceptors (Lipinski definition) is 5. The quantitative estimate of drug-likeness (QED) is 0.648. The van der Waals surface area contributed by atoms with Gasteiger partial charge in [0.15, 0.2) is 0 Å². The Hall–Kier alpha value is -1.50. The van der Waals surface area contributed by atoms with E-state index in [2.05, 4.69) is 10.6 Å². The van der Waals surface area contributed by atoms with Gasteiger partial charge in [-0.3, -0.25) is 0 Å². The molecule has 0 aromatic carbocycles. The summed E-state index contributed by atoms with van der Waals surface area (Å²) < 4.78 is 10.6. The van der Waals surface area contributed by atoms with Crippen LogP contribution < -0.4 is 16.4 Å². The Morgan fingerprint density at radius 2 is 1.40 bits per heavy atom. The first-order valence-electron chi connectivity index (χ1n) is 8.96. The Morgan fingerprint density at radius 1 is 0.960 bits per heavy atom. The van der Waals surface area contributed by atoms with Crippen LogP contribution in [-0.4, -0.2) is 42.0 Å². The van der Waals surface area contributed by atoms with Gasteiger partial charge in [0.25, 0.3) is 0 Å². The van der Waals surface area contributed by atoms with E-state index < -0.39 is 23.4 Å². The highest BCUT2D eigenvalue weighted by Gasteiger charge is 2.26. The van der Waals surface area contributed by atoms with Gasteiger partial charge in [0.2, 0.25) is 0 Å². The van der Waals surface area contributed by atoms with E-state index in [9.17, 15) is 9.59 Å². The summed E-state index contributed by atoms with van der Waals surface area (Å²) in [5.41, 5.74) is 4.79. The zero-order chi connectivity index (χ0) is 19.8. The van der Waals surface area contributed by atoms with Crippen LogP contribution in [0, 0.1) is 5.92 Å². The van der Waals surface area contributed by atoms with Gasteiger partial charge < -0.3 is 25.8 Å². The summed E-state index contributed by atoms with van der Waals surface area (Å²) in [6.45, 7) is 15.2. The van der Waals surface area contributed by atoms with Gasteiger partial charge >= 0.3 is 12.2 Å². The molecule has 0 radical (unpaired) electrons. The lowest BCUT2D eigenvalue weighted by molar-refractivity contribution is 0.0458. The molecule has 0 bridgehead atoms. The first-order chi connectivity index (χ1) is 11.3. The fourth-order valence-electron chi connectivity index (χ4n) is 2.28. The molecular weight excluding hydrogens is 322 g/mol. The SMILES string of the molecule is CCC(CC(CN)[C@@H](C)NC(=O)OC(C)(C)C)NC(=O)OC(C)(C)C. The second-order valence-corrected chi connectivity index (χ2v) is 8.42. The van der Waals surface area contributed by atoms with E-state index in [1.165, 1.54) is 0 Å². The molecule has 2 unspecified atom stereocenters. The zero-order valence-electron chi connectivity index (χ0n) is 17.1. The second kappa shape index (κ2) is 9.85. The van der Waals surface area contributed by atoms with E-state index in [0.717, 1.165) is 6.42 Å². The molecule has 0 saturated heterocycles. The predicted molar refractivity (Wildman–Crippen MR) is 99.4 cm³/mol. The molecule has 0 aliphatic carbocycles. The third-order valence-corrected chi connectivity index (χ3v) is 3.56. The van der Waals surface area contributed by atoms with Gasteiger partial charge in [-0.1, -0.05) is 6.92 Å². The molecule has 0 rings (SSSR count). The lowest BCUT2D eigenvalue weighted by atomic mass is 9.92. The summed E-state index contributed by atoms with van der Waals surface area (Å²) >= 11 is 0. The molecule has 7 heteroatoms. The Morgan fingerprint density at radius 3 is 1.76 bits per heavy atom. The Kier molecular flexibility index (Phi) is 9.26. The smallest absolute Gasteiger partial charge is 0.407 e. The van der Waals surface area contributed by atoms with Crippen LogP contribution in [0.4, 0.5) is 9.59 Å². The highest BCUT2D eigenvalue weighted by molar-refractivity contribution is 5.68. The molecule has 2 amide bonds. The average molecular weight is 360 g/mol. The summed E-state index contributed by atoms with van der Waals surface area (Å²) in [6.07, 6.45) is 0.479. The molecule has 7 nitrogen and oxygen atoms in total. The highest BCUT2D eigenvalue weighted by Crippen LogP contribution is 2.15. The van der Waals surface area contributed by atoms with E-state index in [-0.39, 0.29) is 18.0 Å². The summed E-state index contributed by atoms with van der Waals surface area (Å²) in [4.78, 5) is 23.9. The van der Waals surface area contributed by atoms with E-state index in [1.807, 2.05) is 55.4 Å². The molecular formula is C18H37N3O4. The first kappa shape index (κ1) is 23.5. The Balaban J connectivity index is 4.65. The number of nitrogens with two attached hydrogens (primary N) is 1. The number of rotatable bonds is 7. The monoisotopic (exact) mass is 359 g/mol. The van der Waals surface area contributed by atoms with Crippen molar-refractivity contribution in [2.75, 3.05) is 6.54 Å². The van der Waals surface area contributed by atoms with Crippen LogP contribution in [0.5, 0.6) is 0 Å². The van der Waals surface area contributed by atoms with Crippen LogP contribution in [0.15, 0.2) is 0 Å². The van der Waals surface area contributed by atoms with Crippen molar-refractivity contribution in [1.29, 1.82) is 0 Å². The molecule has 0 aromatic rings. The molecule has 0 aromatic heterocycles. The number of carbonyl (C=O) groups excluding carboxylic acids is 2. The normalized spacial score (nSPS) is 15.7. The molecule has 0 saturated carbocycles. The highest BCUT2D eigenvalue weighted by atomic mass is 16.6. The lowest BCUT2D eigenvalue weighted by Crippen LogP contribution is -2.47. The molecule has 25 heavy (non-hydrogen) atoms. The standard InChI is InChI=1S/C18H37N3O4/c1-9-14(21-16(23)25-18(6,7)8)10-13(11-19)12(2)20-15(22)24-17(3,4)5/h12-14H,9-11,19H2,1-8H3,(H,20,22)(H,21,23)/t12-,13?,14?/m1/s1. The molecule has 3 atom stereocenters. The van der Waals surface area contributed by atoms with Gasteiger partial charge in [-0.2, -0.15) is 0 Å². The van der Waals surface area contributed by atoms with Crippen LogP contribution in [0.2, 0.25) is 0 Å². The number of ether oxygens (including phenoxy) is 2. The van der Waals surface area contributed by atoms with Gasteiger partial charge in [-0.05, 0) is 73.8 Å². The number of nitrogens with one attached hydrogen (secondary N) is 2. The molecule has 148 valence electrons. The van der Waals surface area contributed by atoms with Crippen molar-refractivity contribution in [3.63, 3.8) is 0 Å². The molecule has 4 N–H and O–H groups in total. The number of carbonyl (C=O) groups is 2. The molecule has 0 aliphatic rings. The van der Waals surface area contributed by atoms with E-state index in [1.54, 1.807) is 0 Å². The van der Waals surface area contributed by atoms with Crippen LogP contribution in [0.25, 0.3) is 0 Å². The van der Waals surface area contributed by atoms with E-state index >= 15 is 0 Å². The molecule has 0 spiro atoms. The van der Waals surface area contributed by atoms with Crippen molar-refractivity contribution in [1.82, 2.24) is 10.6 Å². The van der Waals surface area contributed by atoms with E-state index in [4.69, 9.17) is 15.2 Å². The summed E-state index contributed by atoms with van der Waals surface area (Å²) in [6, 6.07) is -0.249. The van der Waals surface area contributed by atoms with Gasteiger partial charge in [-0.15, -0.1) is 0 Å². The maximum atomic E-state index is 11.9. The lowest BCUT2D eigenvalue weighted by Gasteiger charge is -2.29. The van der Waals surface area contributed by atoms with E-state index in [0.29, 0.717) is 13.0 Å². The minimum Gasteiger partial charge on any atom is -0.444 e. The van der Waals surface area contributed by atoms with Gasteiger partial charge in [-0.25, -0.2) is 9.59 Å². The predicted octanol–water partition coefficient (Wildman–Crippen LogP) is 3.17. The van der Waals surface area contributed by atoms with Crippen molar-refractivity contribution in [2.24, 2.45) is 11.7 Å². The molecule has 0 fully saturated rings. The van der Waals surface area contributed by atoms with Crippen molar-refractivity contribution in [2.45, 2.75) is 91.5 Å². The molecule has 0 aliphatic heterocycles. The summed E-state index contributed by atoms with van der Waals surface area (Å²) in [5.74, 6) is 0.00686. The largest absolute Gasteiger partial charge is 0.444 e. The third-order valence-electron chi connectivity index (χ3n) is 3.56. The van der Waals surface area contributed by atoms with Crippen LogP contribution in [-0.2, 0) is 9.47 Å². The fraction of sp³-hybridized carbons (Fsp3) is 0.889.